The van der Waals surface area contributed by atoms with Crippen LogP contribution in [0.1, 0.15) is 44.6 Å². The van der Waals surface area contributed by atoms with Crippen LogP contribution < -0.4 is 5.73 Å². The van der Waals surface area contributed by atoms with Gasteiger partial charge in [-0.25, -0.2) is 0 Å². The molecular weight excluding hydrogens is 276 g/mol. The highest BCUT2D eigenvalue weighted by Crippen LogP contribution is 2.50. The van der Waals surface area contributed by atoms with Crippen molar-refractivity contribution in [3.63, 3.8) is 0 Å². The van der Waals surface area contributed by atoms with Gasteiger partial charge in [-0.2, -0.15) is 0 Å². The highest BCUT2D eigenvalue weighted by Gasteiger charge is 2.50. The standard InChI is InChI=1S/C18H24N2O2/c1-18(2)10-13(8-16(19)21)20(11-18)17(22)15-9-14(15)12-6-4-3-5-7-12/h3-7,13-15H,8-11H2,1-2H3,(H2,19,21)/t13?,14-,15+/m0/s1. The summed E-state index contributed by atoms with van der Waals surface area (Å²) >= 11 is 0. The molecule has 0 spiro atoms. The molecule has 118 valence electrons. The van der Waals surface area contributed by atoms with Gasteiger partial charge in [-0.3, -0.25) is 9.59 Å². The van der Waals surface area contributed by atoms with Crippen LogP contribution in [0.4, 0.5) is 0 Å². The number of hydrogen-bond acceptors (Lipinski definition) is 2. The van der Waals surface area contributed by atoms with E-state index in [0.29, 0.717) is 5.92 Å². The number of likely N-dealkylation sites (tertiary alicyclic amines) is 1. The monoisotopic (exact) mass is 300 g/mol. The summed E-state index contributed by atoms with van der Waals surface area (Å²) in [6.45, 7) is 5.02. The van der Waals surface area contributed by atoms with E-state index >= 15 is 0 Å². The molecule has 2 N–H and O–H groups in total. The Morgan fingerprint density at radius 1 is 1.27 bits per heavy atom. The Hall–Kier alpha value is -1.84. The number of primary amides is 1. The number of hydrogen-bond donors (Lipinski definition) is 1. The molecule has 1 aromatic carbocycles. The van der Waals surface area contributed by atoms with E-state index in [1.54, 1.807) is 0 Å². The molecule has 3 atom stereocenters. The number of amides is 2. The molecule has 1 aliphatic heterocycles. The lowest BCUT2D eigenvalue weighted by Crippen LogP contribution is -2.39. The quantitative estimate of drug-likeness (QED) is 0.927. The lowest BCUT2D eigenvalue weighted by Gasteiger charge is -2.24. The van der Waals surface area contributed by atoms with Crippen molar-refractivity contribution in [2.24, 2.45) is 17.1 Å². The predicted molar refractivity (Wildman–Crippen MR) is 85.0 cm³/mol. The molecule has 1 heterocycles. The Bertz CT molecular complexity index is 582. The fourth-order valence-corrected chi connectivity index (χ4v) is 3.82. The zero-order valence-electron chi connectivity index (χ0n) is 13.3. The summed E-state index contributed by atoms with van der Waals surface area (Å²) in [5, 5.41) is 0. The van der Waals surface area contributed by atoms with Crippen molar-refractivity contribution in [1.82, 2.24) is 4.90 Å². The SMILES string of the molecule is CC1(C)CC(CC(N)=O)N(C(=O)[C@@H]2C[C@H]2c2ccccc2)C1. The van der Waals surface area contributed by atoms with Crippen LogP contribution in [0.15, 0.2) is 30.3 Å². The van der Waals surface area contributed by atoms with Crippen molar-refractivity contribution >= 4 is 11.8 Å². The van der Waals surface area contributed by atoms with Crippen LogP contribution in [-0.2, 0) is 9.59 Å². The molecule has 4 nitrogen and oxygen atoms in total. The van der Waals surface area contributed by atoms with Crippen LogP contribution in [0.2, 0.25) is 0 Å². The van der Waals surface area contributed by atoms with E-state index in [0.717, 1.165) is 19.4 Å². The minimum Gasteiger partial charge on any atom is -0.370 e. The largest absolute Gasteiger partial charge is 0.370 e. The zero-order valence-corrected chi connectivity index (χ0v) is 13.3. The average Bonchev–Trinajstić information content (AvgIpc) is 3.18. The van der Waals surface area contributed by atoms with Gasteiger partial charge in [-0.15, -0.1) is 0 Å². The molecule has 2 aliphatic rings. The third kappa shape index (κ3) is 3.01. The molecule has 1 saturated carbocycles. The second-order valence-electron chi connectivity index (χ2n) is 7.52. The highest BCUT2D eigenvalue weighted by atomic mass is 16.2. The first-order chi connectivity index (χ1) is 10.4. The smallest absolute Gasteiger partial charge is 0.226 e. The van der Waals surface area contributed by atoms with Crippen LogP contribution in [0.25, 0.3) is 0 Å². The first-order valence-electron chi connectivity index (χ1n) is 8.01. The van der Waals surface area contributed by atoms with Crippen molar-refractivity contribution in [2.45, 2.75) is 45.1 Å². The molecule has 2 amide bonds. The molecule has 4 heteroatoms. The van der Waals surface area contributed by atoms with Gasteiger partial charge >= 0.3 is 0 Å². The fraction of sp³-hybridized carbons (Fsp3) is 0.556. The topological polar surface area (TPSA) is 63.4 Å². The van der Waals surface area contributed by atoms with E-state index < -0.39 is 0 Å². The van der Waals surface area contributed by atoms with Crippen molar-refractivity contribution in [2.75, 3.05) is 6.54 Å². The van der Waals surface area contributed by atoms with Crippen LogP contribution in [0.3, 0.4) is 0 Å². The molecule has 0 aromatic heterocycles. The summed E-state index contributed by atoms with van der Waals surface area (Å²) in [5.41, 5.74) is 6.66. The summed E-state index contributed by atoms with van der Waals surface area (Å²) in [5.74, 6) is 0.292. The molecule has 1 aliphatic carbocycles. The van der Waals surface area contributed by atoms with Gasteiger partial charge in [0.05, 0.1) is 0 Å². The molecule has 1 unspecified atom stereocenters. The first kappa shape index (κ1) is 15.1. The maximum Gasteiger partial charge on any atom is 0.226 e. The van der Waals surface area contributed by atoms with Gasteiger partial charge in [0, 0.05) is 24.9 Å². The summed E-state index contributed by atoms with van der Waals surface area (Å²) in [4.78, 5) is 26.0. The molecule has 3 rings (SSSR count). The summed E-state index contributed by atoms with van der Waals surface area (Å²) in [6, 6.07) is 10.2. The summed E-state index contributed by atoms with van der Waals surface area (Å²) in [6.07, 6.45) is 2.05. The van der Waals surface area contributed by atoms with E-state index in [1.807, 2.05) is 23.1 Å². The number of nitrogens with two attached hydrogens (primary N) is 1. The Morgan fingerprint density at radius 3 is 2.59 bits per heavy atom. The third-order valence-electron chi connectivity index (χ3n) is 4.88. The van der Waals surface area contributed by atoms with Gasteiger partial charge in [0.15, 0.2) is 0 Å². The Balaban J connectivity index is 1.70. The number of carbonyl (C=O) groups is 2. The maximum atomic E-state index is 12.8. The molecule has 0 radical (unpaired) electrons. The van der Waals surface area contributed by atoms with Gasteiger partial charge in [-0.05, 0) is 29.7 Å². The lowest BCUT2D eigenvalue weighted by molar-refractivity contribution is -0.134. The minimum absolute atomic E-state index is 0.0305. The van der Waals surface area contributed by atoms with Crippen molar-refractivity contribution < 1.29 is 9.59 Å². The van der Waals surface area contributed by atoms with Gasteiger partial charge < -0.3 is 10.6 Å². The molecular formula is C18H24N2O2. The van der Waals surface area contributed by atoms with Gasteiger partial charge in [0.2, 0.25) is 11.8 Å². The third-order valence-corrected chi connectivity index (χ3v) is 4.88. The zero-order chi connectivity index (χ0) is 15.9. The van der Waals surface area contributed by atoms with Crippen LogP contribution in [0, 0.1) is 11.3 Å². The van der Waals surface area contributed by atoms with Crippen LogP contribution in [-0.4, -0.2) is 29.3 Å². The number of nitrogens with zero attached hydrogens (tertiary/aromatic N) is 1. The van der Waals surface area contributed by atoms with Gasteiger partial charge in [0.1, 0.15) is 0 Å². The number of rotatable bonds is 4. The van der Waals surface area contributed by atoms with E-state index in [4.69, 9.17) is 5.73 Å². The first-order valence-corrected chi connectivity index (χ1v) is 8.01. The van der Waals surface area contributed by atoms with E-state index in [-0.39, 0.29) is 35.6 Å². The van der Waals surface area contributed by atoms with Crippen LogP contribution >= 0.6 is 0 Å². The molecule has 0 bridgehead atoms. The van der Waals surface area contributed by atoms with Crippen molar-refractivity contribution in [3.05, 3.63) is 35.9 Å². The van der Waals surface area contributed by atoms with E-state index in [9.17, 15) is 9.59 Å². The highest BCUT2D eigenvalue weighted by molar-refractivity contribution is 5.84. The predicted octanol–water partition coefficient (Wildman–Crippen LogP) is 2.29. The summed E-state index contributed by atoms with van der Waals surface area (Å²) in [7, 11) is 0. The number of benzene rings is 1. The fourth-order valence-electron chi connectivity index (χ4n) is 3.82. The second kappa shape index (κ2) is 5.41. The van der Waals surface area contributed by atoms with Gasteiger partial charge in [0.25, 0.3) is 0 Å². The Kier molecular flexibility index (Phi) is 3.71. The maximum absolute atomic E-state index is 12.8. The number of carbonyl (C=O) groups excluding carboxylic acids is 2. The molecule has 1 saturated heterocycles. The average molecular weight is 300 g/mol. The molecule has 2 fully saturated rings. The van der Waals surface area contributed by atoms with Gasteiger partial charge in [-0.1, -0.05) is 44.2 Å². The molecule has 22 heavy (non-hydrogen) atoms. The normalized spacial score (nSPS) is 29.4. The van der Waals surface area contributed by atoms with Crippen LogP contribution in [0.5, 0.6) is 0 Å². The molecule has 1 aromatic rings. The second-order valence-corrected chi connectivity index (χ2v) is 7.52. The minimum atomic E-state index is -0.323. The summed E-state index contributed by atoms with van der Waals surface area (Å²) < 4.78 is 0. The Labute approximate surface area is 131 Å². The van der Waals surface area contributed by atoms with E-state index in [1.165, 1.54) is 5.56 Å². The van der Waals surface area contributed by atoms with E-state index in [2.05, 4.69) is 26.0 Å². The van der Waals surface area contributed by atoms with Crippen molar-refractivity contribution in [3.8, 4) is 0 Å². The lowest BCUT2D eigenvalue weighted by atomic mass is 9.90. The Morgan fingerprint density at radius 2 is 1.95 bits per heavy atom. The van der Waals surface area contributed by atoms with Crippen molar-refractivity contribution in [1.29, 1.82) is 0 Å².